The minimum atomic E-state index is -0.631. The van der Waals surface area contributed by atoms with Gasteiger partial charge in [0, 0.05) is 29.2 Å². The number of H-pyrrole nitrogens is 1. The molecule has 0 bridgehead atoms. The van der Waals surface area contributed by atoms with Gasteiger partial charge in [-0.05, 0) is 18.6 Å². The zero-order chi connectivity index (χ0) is 18.7. The normalized spacial score (nSPS) is 10.5. The molecule has 0 atom stereocenters. The van der Waals surface area contributed by atoms with Gasteiger partial charge in [0.2, 0.25) is 0 Å². The summed E-state index contributed by atoms with van der Waals surface area (Å²) in [5.74, 6) is -1.21. The molecule has 0 fully saturated rings. The van der Waals surface area contributed by atoms with Crippen LogP contribution in [0.3, 0.4) is 0 Å². The first-order chi connectivity index (χ1) is 12.5. The number of fused-ring (bicyclic) bond motifs is 1. The van der Waals surface area contributed by atoms with Crippen molar-refractivity contribution in [1.29, 1.82) is 0 Å². The first-order valence-electron chi connectivity index (χ1n) is 7.74. The lowest BCUT2D eigenvalue weighted by Crippen LogP contribution is -2.21. The molecule has 2 N–H and O–H groups in total. The summed E-state index contributed by atoms with van der Waals surface area (Å²) in [6.45, 7) is 1.21. The van der Waals surface area contributed by atoms with Gasteiger partial charge < -0.3 is 15.0 Å². The van der Waals surface area contributed by atoms with Crippen molar-refractivity contribution in [2.24, 2.45) is 0 Å². The summed E-state index contributed by atoms with van der Waals surface area (Å²) in [6.07, 6.45) is 1.52. The molecular formula is C18H15N3O5. The lowest BCUT2D eigenvalue weighted by Gasteiger charge is -2.08. The van der Waals surface area contributed by atoms with Crippen LogP contribution in [0.25, 0.3) is 10.9 Å². The van der Waals surface area contributed by atoms with Crippen LogP contribution < -0.4 is 5.32 Å². The average molecular weight is 353 g/mol. The summed E-state index contributed by atoms with van der Waals surface area (Å²) in [6, 6.07) is 11.4. The molecule has 132 valence electrons. The van der Waals surface area contributed by atoms with Crippen LogP contribution in [0.4, 0.5) is 11.4 Å². The van der Waals surface area contributed by atoms with Gasteiger partial charge in [0.15, 0.2) is 6.61 Å². The third-order valence-corrected chi connectivity index (χ3v) is 3.85. The fraction of sp³-hybridized carbons (Fsp3) is 0.111. The van der Waals surface area contributed by atoms with Gasteiger partial charge in [0.25, 0.3) is 11.6 Å². The number of non-ortho nitro benzene ring substituents is 1. The summed E-state index contributed by atoms with van der Waals surface area (Å²) in [4.78, 5) is 37.4. The molecule has 1 amide bonds. The van der Waals surface area contributed by atoms with Gasteiger partial charge >= 0.3 is 5.97 Å². The zero-order valence-corrected chi connectivity index (χ0v) is 13.8. The van der Waals surface area contributed by atoms with Gasteiger partial charge in [0.1, 0.15) is 0 Å². The van der Waals surface area contributed by atoms with Gasteiger partial charge in [-0.1, -0.05) is 24.3 Å². The standard InChI is InChI=1S/C18H15N3O5/c1-11-6-7-12(21(24)25)8-16(11)20-17(22)10-26-18(23)14-9-19-15-5-3-2-4-13(14)15/h2-9,19H,10H2,1H3,(H,20,22). The van der Waals surface area contributed by atoms with E-state index in [1.165, 1.54) is 24.4 Å². The third-order valence-electron chi connectivity index (χ3n) is 3.85. The number of para-hydroxylation sites is 1. The quantitative estimate of drug-likeness (QED) is 0.415. The number of hydrogen-bond acceptors (Lipinski definition) is 5. The summed E-state index contributed by atoms with van der Waals surface area (Å²) in [5.41, 5.74) is 1.94. The van der Waals surface area contributed by atoms with E-state index in [4.69, 9.17) is 4.74 Å². The van der Waals surface area contributed by atoms with Gasteiger partial charge in [-0.3, -0.25) is 14.9 Å². The van der Waals surface area contributed by atoms with Crippen molar-refractivity contribution in [2.45, 2.75) is 6.92 Å². The molecule has 8 nitrogen and oxygen atoms in total. The monoisotopic (exact) mass is 353 g/mol. The van der Waals surface area contributed by atoms with Crippen molar-refractivity contribution < 1.29 is 19.2 Å². The number of esters is 1. The number of aromatic nitrogens is 1. The number of nitrogens with one attached hydrogen (secondary N) is 2. The minimum Gasteiger partial charge on any atom is -0.452 e. The van der Waals surface area contributed by atoms with Crippen molar-refractivity contribution in [3.63, 3.8) is 0 Å². The number of rotatable bonds is 5. The second kappa shape index (κ2) is 7.06. The van der Waals surface area contributed by atoms with Crippen LogP contribution in [0.2, 0.25) is 0 Å². The highest BCUT2D eigenvalue weighted by molar-refractivity contribution is 6.05. The van der Waals surface area contributed by atoms with E-state index in [1.807, 2.05) is 12.1 Å². The maximum Gasteiger partial charge on any atom is 0.340 e. The van der Waals surface area contributed by atoms with Crippen LogP contribution in [-0.2, 0) is 9.53 Å². The minimum absolute atomic E-state index is 0.137. The molecule has 0 unspecified atom stereocenters. The smallest absolute Gasteiger partial charge is 0.340 e. The molecule has 1 aromatic heterocycles. The number of carbonyl (C=O) groups excluding carboxylic acids is 2. The topological polar surface area (TPSA) is 114 Å². The Bertz CT molecular complexity index is 1010. The molecule has 3 rings (SSSR count). The highest BCUT2D eigenvalue weighted by Gasteiger charge is 2.16. The number of amides is 1. The Balaban J connectivity index is 1.65. The highest BCUT2D eigenvalue weighted by Crippen LogP contribution is 2.22. The number of carbonyl (C=O) groups is 2. The predicted molar refractivity (Wildman–Crippen MR) is 95.0 cm³/mol. The van der Waals surface area contributed by atoms with E-state index in [-0.39, 0.29) is 5.69 Å². The van der Waals surface area contributed by atoms with Crippen LogP contribution in [0.15, 0.2) is 48.7 Å². The molecule has 8 heteroatoms. The molecule has 0 spiro atoms. The Hall–Kier alpha value is -3.68. The fourth-order valence-corrected chi connectivity index (χ4v) is 2.49. The molecule has 0 aliphatic heterocycles. The number of aromatic amines is 1. The highest BCUT2D eigenvalue weighted by atomic mass is 16.6. The Kier molecular flexibility index (Phi) is 4.66. The van der Waals surface area contributed by atoms with Crippen LogP contribution in [0.5, 0.6) is 0 Å². The van der Waals surface area contributed by atoms with E-state index in [2.05, 4.69) is 10.3 Å². The Morgan fingerprint density at radius 2 is 2.00 bits per heavy atom. The summed E-state index contributed by atoms with van der Waals surface area (Å²) in [5, 5.41) is 14.0. The van der Waals surface area contributed by atoms with E-state index >= 15 is 0 Å². The molecule has 0 saturated heterocycles. The lowest BCUT2D eigenvalue weighted by molar-refractivity contribution is -0.384. The van der Waals surface area contributed by atoms with Crippen molar-refractivity contribution >= 4 is 34.2 Å². The second-order valence-corrected chi connectivity index (χ2v) is 5.63. The maximum atomic E-state index is 12.2. The van der Waals surface area contributed by atoms with Crippen molar-refractivity contribution in [3.8, 4) is 0 Å². The molecule has 1 heterocycles. The molecule has 3 aromatic rings. The molecule has 0 saturated carbocycles. The third kappa shape index (κ3) is 3.54. The summed E-state index contributed by atoms with van der Waals surface area (Å²) >= 11 is 0. The van der Waals surface area contributed by atoms with E-state index in [0.717, 1.165) is 5.52 Å². The number of anilines is 1. The number of nitro groups is 1. The number of hydrogen-bond donors (Lipinski definition) is 2. The first kappa shape index (κ1) is 17.2. The predicted octanol–water partition coefficient (Wildman–Crippen LogP) is 3.18. The summed E-state index contributed by atoms with van der Waals surface area (Å²) in [7, 11) is 0. The second-order valence-electron chi connectivity index (χ2n) is 5.63. The van der Waals surface area contributed by atoms with Gasteiger partial charge in [-0.25, -0.2) is 4.79 Å². The number of benzene rings is 2. The Morgan fingerprint density at radius 3 is 2.77 bits per heavy atom. The molecule has 26 heavy (non-hydrogen) atoms. The zero-order valence-electron chi connectivity index (χ0n) is 13.8. The largest absolute Gasteiger partial charge is 0.452 e. The number of nitro benzene ring substituents is 1. The van der Waals surface area contributed by atoms with Crippen LogP contribution in [0.1, 0.15) is 15.9 Å². The van der Waals surface area contributed by atoms with E-state index in [0.29, 0.717) is 22.2 Å². The van der Waals surface area contributed by atoms with Crippen molar-refractivity contribution in [3.05, 3.63) is 69.9 Å². The number of ether oxygens (including phenoxy) is 1. The molecule has 0 radical (unpaired) electrons. The van der Waals surface area contributed by atoms with Gasteiger partial charge in [-0.15, -0.1) is 0 Å². The van der Waals surface area contributed by atoms with Gasteiger partial charge in [0.05, 0.1) is 16.2 Å². The fourth-order valence-electron chi connectivity index (χ4n) is 2.49. The molecule has 2 aromatic carbocycles. The Labute approximate surface area is 147 Å². The molecular weight excluding hydrogens is 338 g/mol. The van der Waals surface area contributed by atoms with Crippen LogP contribution in [-0.4, -0.2) is 28.4 Å². The molecule has 0 aliphatic carbocycles. The van der Waals surface area contributed by atoms with Crippen LogP contribution >= 0.6 is 0 Å². The maximum absolute atomic E-state index is 12.2. The van der Waals surface area contributed by atoms with Crippen LogP contribution in [0, 0.1) is 17.0 Å². The SMILES string of the molecule is Cc1ccc([N+](=O)[O-])cc1NC(=O)COC(=O)c1c[nH]c2ccccc12. The molecule has 0 aliphatic rings. The summed E-state index contributed by atoms with van der Waals surface area (Å²) < 4.78 is 5.04. The van der Waals surface area contributed by atoms with Crippen molar-refractivity contribution in [1.82, 2.24) is 4.98 Å². The Morgan fingerprint density at radius 1 is 1.23 bits per heavy atom. The number of nitrogens with zero attached hydrogens (tertiary/aromatic N) is 1. The average Bonchev–Trinajstić information content (AvgIpc) is 3.05. The number of aryl methyl sites for hydroxylation is 1. The lowest BCUT2D eigenvalue weighted by atomic mass is 10.2. The van der Waals surface area contributed by atoms with E-state index < -0.39 is 23.4 Å². The first-order valence-corrected chi connectivity index (χ1v) is 7.74. The van der Waals surface area contributed by atoms with E-state index in [1.54, 1.807) is 19.1 Å². The van der Waals surface area contributed by atoms with E-state index in [9.17, 15) is 19.7 Å². The van der Waals surface area contributed by atoms with Gasteiger partial charge in [-0.2, -0.15) is 0 Å². The van der Waals surface area contributed by atoms with Crippen molar-refractivity contribution in [2.75, 3.05) is 11.9 Å².